The van der Waals surface area contributed by atoms with Gasteiger partial charge in [-0.15, -0.1) is 0 Å². The van der Waals surface area contributed by atoms with Gasteiger partial charge in [-0.3, -0.25) is 0 Å². The van der Waals surface area contributed by atoms with Gasteiger partial charge in [-0.2, -0.15) is 0 Å². The molecule has 2 nitrogen and oxygen atoms in total. The molecule has 4 N–H and O–H groups in total. The number of nitrogen functional groups attached to an aromatic ring is 2. The first kappa shape index (κ1) is 13.3. The Bertz CT molecular complexity index is 727. The molecule has 21 heavy (non-hydrogen) atoms. The summed E-state index contributed by atoms with van der Waals surface area (Å²) in [7, 11) is 0. The predicted molar refractivity (Wildman–Crippen MR) is 90.9 cm³/mol. The van der Waals surface area contributed by atoms with Crippen LogP contribution >= 0.6 is 0 Å². The average Bonchev–Trinajstić information content (AvgIpc) is 2.49. The van der Waals surface area contributed by atoms with E-state index in [4.69, 9.17) is 11.5 Å². The molecule has 0 heterocycles. The fraction of sp³-hybridized carbons (Fsp3) is 0.0526. The van der Waals surface area contributed by atoms with Crippen LogP contribution in [0.25, 0.3) is 22.3 Å². The number of benzene rings is 3. The topological polar surface area (TPSA) is 52.0 Å². The largest absolute Gasteiger partial charge is 0.398 e. The van der Waals surface area contributed by atoms with Gasteiger partial charge in [0.2, 0.25) is 0 Å². The van der Waals surface area contributed by atoms with Crippen molar-refractivity contribution in [2.45, 2.75) is 6.92 Å². The minimum absolute atomic E-state index is 0.791. The van der Waals surface area contributed by atoms with Gasteiger partial charge in [-0.05, 0) is 35.7 Å². The Hall–Kier alpha value is -2.74. The molecule has 0 aliphatic heterocycles. The average molecular weight is 274 g/mol. The fourth-order valence-corrected chi connectivity index (χ4v) is 2.70. The van der Waals surface area contributed by atoms with Crippen molar-refractivity contribution in [2.75, 3.05) is 11.5 Å². The van der Waals surface area contributed by atoms with E-state index in [-0.39, 0.29) is 0 Å². The standard InChI is InChI=1S/C19H18N2/c1-13-14(16-7-2-4-11-18(16)20)9-6-10-15(13)17-8-3-5-12-19(17)21/h2-12H,20-21H2,1H3. The maximum Gasteiger partial charge on any atom is 0.0393 e. The lowest BCUT2D eigenvalue weighted by molar-refractivity contribution is 1.44. The Balaban J connectivity index is 2.21. The smallest absolute Gasteiger partial charge is 0.0393 e. The highest BCUT2D eigenvalue weighted by Gasteiger charge is 2.11. The van der Waals surface area contributed by atoms with E-state index in [2.05, 4.69) is 37.3 Å². The van der Waals surface area contributed by atoms with E-state index >= 15 is 0 Å². The molecule has 0 aromatic heterocycles. The van der Waals surface area contributed by atoms with Gasteiger partial charge in [0.1, 0.15) is 0 Å². The Morgan fingerprint density at radius 2 is 0.905 bits per heavy atom. The number of nitrogens with two attached hydrogens (primary N) is 2. The molecule has 0 amide bonds. The van der Waals surface area contributed by atoms with E-state index in [9.17, 15) is 0 Å². The van der Waals surface area contributed by atoms with Crippen molar-refractivity contribution >= 4 is 11.4 Å². The molecule has 0 unspecified atom stereocenters. The van der Waals surface area contributed by atoms with Gasteiger partial charge in [-0.25, -0.2) is 0 Å². The third-order valence-electron chi connectivity index (χ3n) is 3.84. The summed E-state index contributed by atoms with van der Waals surface area (Å²) in [6.07, 6.45) is 0. The maximum atomic E-state index is 6.12. The first-order valence-corrected chi connectivity index (χ1v) is 6.98. The van der Waals surface area contributed by atoms with E-state index in [1.54, 1.807) is 0 Å². The number of hydrogen-bond acceptors (Lipinski definition) is 2. The zero-order valence-corrected chi connectivity index (χ0v) is 12.0. The molecule has 0 saturated heterocycles. The summed E-state index contributed by atoms with van der Waals surface area (Å²) >= 11 is 0. The summed E-state index contributed by atoms with van der Waals surface area (Å²) in [5, 5.41) is 0. The van der Waals surface area contributed by atoms with Crippen LogP contribution in [0.15, 0.2) is 66.7 Å². The highest BCUT2D eigenvalue weighted by molar-refractivity contribution is 5.86. The number of rotatable bonds is 2. The molecule has 104 valence electrons. The van der Waals surface area contributed by atoms with Crippen molar-refractivity contribution in [1.29, 1.82) is 0 Å². The van der Waals surface area contributed by atoms with E-state index in [0.29, 0.717) is 0 Å². The second-order valence-corrected chi connectivity index (χ2v) is 5.15. The van der Waals surface area contributed by atoms with Crippen LogP contribution in [0.1, 0.15) is 5.56 Å². The summed E-state index contributed by atoms with van der Waals surface area (Å²) in [6.45, 7) is 2.11. The van der Waals surface area contributed by atoms with Crippen molar-refractivity contribution in [3.63, 3.8) is 0 Å². The van der Waals surface area contributed by atoms with Crippen LogP contribution in [0.4, 0.5) is 11.4 Å². The number of para-hydroxylation sites is 2. The molecule has 0 aliphatic rings. The minimum atomic E-state index is 0.791. The number of hydrogen-bond donors (Lipinski definition) is 2. The van der Waals surface area contributed by atoms with Crippen molar-refractivity contribution < 1.29 is 0 Å². The van der Waals surface area contributed by atoms with Crippen molar-refractivity contribution in [2.24, 2.45) is 0 Å². The molecule has 3 aromatic rings. The summed E-state index contributed by atoms with van der Waals surface area (Å²) in [5.41, 5.74) is 19.4. The second kappa shape index (κ2) is 5.33. The van der Waals surface area contributed by atoms with E-state index in [1.165, 1.54) is 5.56 Å². The SMILES string of the molecule is Cc1c(-c2ccccc2N)cccc1-c1ccccc1N. The summed E-state index contributed by atoms with van der Waals surface area (Å²) in [4.78, 5) is 0. The van der Waals surface area contributed by atoms with E-state index < -0.39 is 0 Å². The molecule has 3 aromatic carbocycles. The zero-order valence-electron chi connectivity index (χ0n) is 12.0. The van der Waals surface area contributed by atoms with E-state index in [1.807, 2.05) is 36.4 Å². The first-order chi connectivity index (χ1) is 10.2. The number of anilines is 2. The predicted octanol–water partition coefficient (Wildman–Crippen LogP) is 4.49. The molecular weight excluding hydrogens is 256 g/mol. The lowest BCUT2D eigenvalue weighted by atomic mass is 9.91. The Kier molecular flexibility index (Phi) is 3.36. The monoisotopic (exact) mass is 274 g/mol. The van der Waals surface area contributed by atoms with Crippen LogP contribution in [0, 0.1) is 6.92 Å². The Labute approximate surface area is 125 Å². The fourth-order valence-electron chi connectivity index (χ4n) is 2.70. The summed E-state index contributed by atoms with van der Waals surface area (Å²) in [5.74, 6) is 0. The van der Waals surface area contributed by atoms with Crippen LogP contribution in [-0.2, 0) is 0 Å². The quantitative estimate of drug-likeness (QED) is 0.676. The third-order valence-corrected chi connectivity index (χ3v) is 3.84. The van der Waals surface area contributed by atoms with Crippen molar-refractivity contribution in [1.82, 2.24) is 0 Å². The van der Waals surface area contributed by atoms with Gasteiger partial charge in [0.25, 0.3) is 0 Å². The van der Waals surface area contributed by atoms with Crippen molar-refractivity contribution in [3.05, 3.63) is 72.3 Å². The Morgan fingerprint density at radius 3 is 1.33 bits per heavy atom. The normalized spacial score (nSPS) is 10.5. The van der Waals surface area contributed by atoms with Gasteiger partial charge in [-0.1, -0.05) is 54.6 Å². The molecule has 0 fully saturated rings. The summed E-state index contributed by atoms with van der Waals surface area (Å²) < 4.78 is 0. The van der Waals surface area contributed by atoms with E-state index in [0.717, 1.165) is 33.6 Å². The van der Waals surface area contributed by atoms with Crippen LogP contribution in [0.2, 0.25) is 0 Å². The van der Waals surface area contributed by atoms with Gasteiger partial charge >= 0.3 is 0 Å². The molecular formula is C19H18N2. The second-order valence-electron chi connectivity index (χ2n) is 5.15. The lowest BCUT2D eigenvalue weighted by Gasteiger charge is -2.14. The first-order valence-electron chi connectivity index (χ1n) is 6.98. The van der Waals surface area contributed by atoms with Gasteiger partial charge in [0.05, 0.1) is 0 Å². The van der Waals surface area contributed by atoms with Crippen LogP contribution in [0.5, 0.6) is 0 Å². The van der Waals surface area contributed by atoms with Crippen LogP contribution < -0.4 is 11.5 Å². The highest BCUT2D eigenvalue weighted by atomic mass is 14.6. The van der Waals surface area contributed by atoms with Gasteiger partial charge in [0, 0.05) is 22.5 Å². The molecule has 0 bridgehead atoms. The molecule has 0 saturated carbocycles. The van der Waals surface area contributed by atoms with Gasteiger partial charge < -0.3 is 11.5 Å². The highest BCUT2D eigenvalue weighted by Crippen LogP contribution is 2.36. The summed E-state index contributed by atoms with van der Waals surface area (Å²) in [6, 6.07) is 22.1. The third kappa shape index (κ3) is 2.36. The molecule has 0 spiro atoms. The lowest BCUT2D eigenvalue weighted by Crippen LogP contribution is -1.95. The Morgan fingerprint density at radius 1 is 0.524 bits per heavy atom. The molecule has 0 atom stereocenters. The van der Waals surface area contributed by atoms with Crippen LogP contribution in [0.3, 0.4) is 0 Å². The molecule has 0 radical (unpaired) electrons. The molecule has 0 aliphatic carbocycles. The van der Waals surface area contributed by atoms with Crippen molar-refractivity contribution in [3.8, 4) is 22.3 Å². The minimum Gasteiger partial charge on any atom is -0.398 e. The maximum absolute atomic E-state index is 6.12. The van der Waals surface area contributed by atoms with Crippen LogP contribution in [-0.4, -0.2) is 0 Å². The van der Waals surface area contributed by atoms with Gasteiger partial charge in [0.15, 0.2) is 0 Å². The zero-order chi connectivity index (χ0) is 14.8. The molecule has 2 heteroatoms. The molecule has 3 rings (SSSR count).